The Kier molecular flexibility index (Phi) is 2.82. The van der Waals surface area contributed by atoms with Crippen molar-refractivity contribution in [2.45, 2.75) is 19.3 Å². The minimum Gasteiger partial charge on any atom is -0.319 e. The molecule has 0 aromatic carbocycles. The fourth-order valence-electron chi connectivity index (χ4n) is 1.35. The van der Waals surface area contributed by atoms with Crippen molar-refractivity contribution in [1.82, 2.24) is 10.3 Å². The Morgan fingerprint density at radius 2 is 1.92 bits per heavy atom. The molecule has 2 nitrogen and oxygen atoms in total. The van der Waals surface area contributed by atoms with Crippen molar-refractivity contribution in [1.29, 1.82) is 0 Å². The molecule has 0 spiro atoms. The summed E-state index contributed by atoms with van der Waals surface area (Å²) < 4.78 is 0. The lowest BCUT2D eigenvalue weighted by Gasteiger charge is -2.24. The van der Waals surface area contributed by atoms with Crippen LogP contribution in [-0.4, -0.2) is 18.6 Å². The minimum absolute atomic E-state index is 0.192. The summed E-state index contributed by atoms with van der Waals surface area (Å²) in [5.41, 5.74) is 1.52. The lowest BCUT2D eigenvalue weighted by molar-refractivity contribution is 0.493. The number of pyridine rings is 1. The molecule has 0 aliphatic rings. The zero-order valence-corrected chi connectivity index (χ0v) is 7.96. The van der Waals surface area contributed by atoms with Gasteiger partial charge in [0.2, 0.25) is 0 Å². The van der Waals surface area contributed by atoms with Crippen LogP contribution in [0.3, 0.4) is 0 Å². The van der Waals surface area contributed by atoms with Gasteiger partial charge >= 0.3 is 0 Å². The van der Waals surface area contributed by atoms with Gasteiger partial charge in [0.25, 0.3) is 0 Å². The summed E-state index contributed by atoms with van der Waals surface area (Å²) in [7, 11) is 1.98. The average molecular weight is 164 g/mol. The SMILES string of the molecule is CNCC(C)(C)c1ccncc1. The van der Waals surface area contributed by atoms with Crippen LogP contribution in [-0.2, 0) is 5.41 Å². The first-order valence-corrected chi connectivity index (χ1v) is 4.22. The van der Waals surface area contributed by atoms with E-state index in [4.69, 9.17) is 0 Å². The summed E-state index contributed by atoms with van der Waals surface area (Å²) in [6.45, 7) is 5.43. The number of aromatic nitrogens is 1. The predicted octanol–water partition coefficient (Wildman–Crippen LogP) is 1.58. The minimum atomic E-state index is 0.192. The van der Waals surface area contributed by atoms with E-state index in [9.17, 15) is 0 Å². The van der Waals surface area contributed by atoms with Gasteiger partial charge in [-0.15, -0.1) is 0 Å². The predicted molar refractivity (Wildman–Crippen MR) is 51.2 cm³/mol. The van der Waals surface area contributed by atoms with E-state index >= 15 is 0 Å². The van der Waals surface area contributed by atoms with Crippen LogP contribution in [0.1, 0.15) is 19.4 Å². The van der Waals surface area contributed by atoms with E-state index in [1.165, 1.54) is 5.56 Å². The smallest absolute Gasteiger partial charge is 0.0270 e. The molecule has 1 N–H and O–H groups in total. The first-order valence-electron chi connectivity index (χ1n) is 4.22. The summed E-state index contributed by atoms with van der Waals surface area (Å²) in [5, 5.41) is 3.19. The van der Waals surface area contributed by atoms with Crippen LogP contribution in [0, 0.1) is 0 Å². The molecule has 1 rings (SSSR count). The zero-order chi connectivity index (χ0) is 9.03. The highest BCUT2D eigenvalue weighted by Crippen LogP contribution is 2.20. The van der Waals surface area contributed by atoms with Crippen molar-refractivity contribution >= 4 is 0 Å². The van der Waals surface area contributed by atoms with Gasteiger partial charge in [-0.25, -0.2) is 0 Å². The highest BCUT2D eigenvalue weighted by atomic mass is 14.8. The molecule has 1 aromatic rings. The van der Waals surface area contributed by atoms with Crippen molar-refractivity contribution < 1.29 is 0 Å². The van der Waals surface area contributed by atoms with Gasteiger partial charge in [0.1, 0.15) is 0 Å². The Balaban J connectivity index is 2.82. The average Bonchev–Trinajstić information content (AvgIpc) is 2.06. The second-order valence-corrected chi connectivity index (χ2v) is 3.65. The molecular weight excluding hydrogens is 148 g/mol. The van der Waals surface area contributed by atoms with E-state index in [1.54, 1.807) is 0 Å². The molecule has 0 fully saturated rings. The highest BCUT2D eigenvalue weighted by Gasteiger charge is 2.18. The lowest BCUT2D eigenvalue weighted by atomic mass is 9.85. The van der Waals surface area contributed by atoms with E-state index in [0.717, 1.165) is 6.54 Å². The van der Waals surface area contributed by atoms with Crippen LogP contribution in [0.5, 0.6) is 0 Å². The molecule has 0 bridgehead atoms. The number of hydrogen-bond acceptors (Lipinski definition) is 2. The second-order valence-electron chi connectivity index (χ2n) is 3.65. The third-order valence-electron chi connectivity index (χ3n) is 2.08. The van der Waals surface area contributed by atoms with E-state index in [-0.39, 0.29) is 5.41 Å². The molecule has 1 aromatic heterocycles. The fourth-order valence-corrected chi connectivity index (χ4v) is 1.35. The number of rotatable bonds is 3. The van der Waals surface area contributed by atoms with Crippen LogP contribution in [0.2, 0.25) is 0 Å². The second kappa shape index (κ2) is 3.68. The van der Waals surface area contributed by atoms with Crippen molar-refractivity contribution in [3.05, 3.63) is 30.1 Å². The first kappa shape index (κ1) is 9.20. The highest BCUT2D eigenvalue weighted by molar-refractivity contribution is 5.20. The molecule has 0 saturated heterocycles. The maximum Gasteiger partial charge on any atom is 0.0270 e. The number of hydrogen-bond donors (Lipinski definition) is 1. The Hall–Kier alpha value is -0.890. The molecule has 0 amide bonds. The van der Waals surface area contributed by atoms with Crippen molar-refractivity contribution in [2.75, 3.05) is 13.6 Å². The number of nitrogens with one attached hydrogen (secondary N) is 1. The molecule has 0 radical (unpaired) electrons. The third-order valence-corrected chi connectivity index (χ3v) is 2.08. The standard InChI is InChI=1S/C10H16N2/c1-10(2,8-11-3)9-4-6-12-7-5-9/h4-7,11H,8H2,1-3H3. The number of likely N-dealkylation sites (N-methyl/N-ethyl adjacent to an activating group) is 1. The Labute approximate surface area is 74.0 Å². The molecular formula is C10H16N2. The molecule has 0 unspecified atom stereocenters. The van der Waals surface area contributed by atoms with Gasteiger partial charge in [0, 0.05) is 24.4 Å². The zero-order valence-electron chi connectivity index (χ0n) is 7.96. The molecule has 0 saturated carbocycles. The van der Waals surface area contributed by atoms with Gasteiger partial charge in [-0.05, 0) is 24.7 Å². The Morgan fingerprint density at radius 1 is 1.33 bits per heavy atom. The van der Waals surface area contributed by atoms with Crippen LogP contribution in [0.4, 0.5) is 0 Å². The quantitative estimate of drug-likeness (QED) is 0.733. The van der Waals surface area contributed by atoms with E-state index in [1.807, 2.05) is 19.4 Å². The molecule has 1 heterocycles. The number of nitrogens with zero attached hydrogens (tertiary/aromatic N) is 1. The van der Waals surface area contributed by atoms with Crippen LogP contribution < -0.4 is 5.32 Å². The molecule has 0 aliphatic heterocycles. The van der Waals surface area contributed by atoms with E-state index in [0.29, 0.717) is 0 Å². The van der Waals surface area contributed by atoms with Gasteiger partial charge < -0.3 is 5.32 Å². The topological polar surface area (TPSA) is 24.9 Å². The molecule has 66 valence electrons. The van der Waals surface area contributed by atoms with Gasteiger partial charge in [-0.3, -0.25) is 4.98 Å². The molecule has 2 heteroatoms. The third kappa shape index (κ3) is 2.05. The fraction of sp³-hybridized carbons (Fsp3) is 0.500. The van der Waals surface area contributed by atoms with E-state index < -0.39 is 0 Å². The molecule has 12 heavy (non-hydrogen) atoms. The maximum absolute atomic E-state index is 4.00. The van der Waals surface area contributed by atoms with Gasteiger partial charge in [-0.1, -0.05) is 13.8 Å². The summed E-state index contributed by atoms with van der Waals surface area (Å²) in [6.07, 6.45) is 3.68. The van der Waals surface area contributed by atoms with Crippen LogP contribution in [0.15, 0.2) is 24.5 Å². The summed E-state index contributed by atoms with van der Waals surface area (Å²) >= 11 is 0. The van der Waals surface area contributed by atoms with Gasteiger partial charge in [0.05, 0.1) is 0 Å². The summed E-state index contributed by atoms with van der Waals surface area (Å²) in [5.74, 6) is 0. The van der Waals surface area contributed by atoms with Crippen LogP contribution in [0.25, 0.3) is 0 Å². The molecule has 0 atom stereocenters. The van der Waals surface area contributed by atoms with Crippen molar-refractivity contribution in [3.63, 3.8) is 0 Å². The van der Waals surface area contributed by atoms with Gasteiger partial charge in [0.15, 0.2) is 0 Å². The van der Waals surface area contributed by atoms with Crippen molar-refractivity contribution in [2.24, 2.45) is 0 Å². The lowest BCUT2D eigenvalue weighted by Crippen LogP contribution is -2.30. The van der Waals surface area contributed by atoms with E-state index in [2.05, 4.69) is 36.3 Å². The van der Waals surface area contributed by atoms with Crippen molar-refractivity contribution in [3.8, 4) is 0 Å². The monoisotopic (exact) mass is 164 g/mol. The van der Waals surface area contributed by atoms with Gasteiger partial charge in [-0.2, -0.15) is 0 Å². The Bertz CT molecular complexity index is 229. The Morgan fingerprint density at radius 3 is 2.42 bits per heavy atom. The first-order chi connectivity index (χ1) is 5.67. The molecule has 0 aliphatic carbocycles. The summed E-state index contributed by atoms with van der Waals surface area (Å²) in [4.78, 5) is 4.00. The normalized spacial score (nSPS) is 11.6. The largest absolute Gasteiger partial charge is 0.319 e. The summed E-state index contributed by atoms with van der Waals surface area (Å²) in [6, 6.07) is 4.13. The maximum atomic E-state index is 4.00. The van der Waals surface area contributed by atoms with Crippen LogP contribution >= 0.6 is 0 Å².